The lowest BCUT2D eigenvalue weighted by molar-refractivity contribution is -0.138. The van der Waals surface area contributed by atoms with E-state index in [1.165, 1.54) is 0 Å². The average molecular weight is 280 g/mol. The highest BCUT2D eigenvalue weighted by atomic mass is 16.4. The molecule has 106 valence electrons. The number of aryl methyl sites for hydroxylation is 1. The highest BCUT2D eigenvalue weighted by molar-refractivity contribution is 5.98. The first-order valence-electron chi connectivity index (χ1n) is 6.82. The first-order chi connectivity index (χ1) is 10.1. The number of hydrogen-bond donors (Lipinski definition) is 2. The third-order valence-electron chi connectivity index (χ3n) is 3.69. The predicted molar refractivity (Wildman–Crippen MR) is 83.3 cm³/mol. The molecular weight excluding hydrogens is 264 g/mol. The van der Waals surface area contributed by atoms with E-state index in [1.807, 2.05) is 49.4 Å². The third-order valence-corrected chi connectivity index (χ3v) is 3.69. The minimum Gasteiger partial charge on any atom is -0.480 e. The number of carbonyl (C=O) groups is 1. The fourth-order valence-electron chi connectivity index (χ4n) is 2.62. The minimum absolute atomic E-state index is 0.290. The first-order valence-corrected chi connectivity index (χ1v) is 6.82. The van der Waals surface area contributed by atoms with Crippen molar-refractivity contribution < 1.29 is 9.90 Å². The molecule has 3 N–H and O–H groups in total. The van der Waals surface area contributed by atoms with Gasteiger partial charge in [-0.25, -0.2) is 4.98 Å². The number of rotatable bonds is 3. The number of para-hydroxylation sites is 1. The van der Waals surface area contributed by atoms with Crippen LogP contribution in [-0.2, 0) is 11.2 Å². The quantitative estimate of drug-likeness (QED) is 0.723. The van der Waals surface area contributed by atoms with Crippen LogP contribution >= 0.6 is 0 Å². The fraction of sp³-hybridized carbons (Fsp3) is 0.176. The van der Waals surface area contributed by atoms with Gasteiger partial charge in [0.25, 0.3) is 0 Å². The van der Waals surface area contributed by atoms with Gasteiger partial charge >= 0.3 is 5.97 Å². The van der Waals surface area contributed by atoms with Gasteiger partial charge in [0.2, 0.25) is 0 Å². The molecule has 4 heteroatoms. The maximum absolute atomic E-state index is 11.1. The molecule has 2 aromatic carbocycles. The van der Waals surface area contributed by atoms with E-state index in [9.17, 15) is 4.79 Å². The summed E-state index contributed by atoms with van der Waals surface area (Å²) in [5, 5.41) is 11.0. The summed E-state index contributed by atoms with van der Waals surface area (Å²) in [7, 11) is 0. The van der Waals surface area contributed by atoms with Crippen molar-refractivity contribution in [3.63, 3.8) is 0 Å². The molecule has 0 aliphatic heterocycles. The van der Waals surface area contributed by atoms with E-state index < -0.39 is 12.0 Å². The van der Waals surface area contributed by atoms with Crippen LogP contribution in [0.25, 0.3) is 21.8 Å². The summed E-state index contributed by atoms with van der Waals surface area (Å²) < 4.78 is 0. The van der Waals surface area contributed by atoms with Crippen molar-refractivity contribution in [2.45, 2.75) is 19.4 Å². The van der Waals surface area contributed by atoms with Crippen LogP contribution in [0.5, 0.6) is 0 Å². The zero-order chi connectivity index (χ0) is 15.0. The van der Waals surface area contributed by atoms with Crippen molar-refractivity contribution in [2.75, 3.05) is 0 Å². The van der Waals surface area contributed by atoms with Gasteiger partial charge in [-0.05, 0) is 37.1 Å². The summed E-state index contributed by atoms with van der Waals surface area (Å²) in [5.74, 6) is -0.989. The summed E-state index contributed by atoms with van der Waals surface area (Å²) in [5.41, 5.74) is 9.55. The molecule has 0 spiro atoms. The molecule has 0 fully saturated rings. The highest BCUT2D eigenvalue weighted by Crippen LogP contribution is 2.27. The maximum atomic E-state index is 11.1. The molecule has 1 atom stereocenters. The molecule has 3 rings (SSSR count). The van der Waals surface area contributed by atoms with E-state index in [4.69, 9.17) is 10.8 Å². The number of aliphatic carboxylic acids is 1. The van der Waals surface area contributed by atoms with Crippen LogP contribution in [0.3, 0.4) is 0 Å². The van der Waals surface area contributed by atoms with Crippen molar-refractivity contribution in [3.8, 4) is 0 Å². The summed E-state index contributed by atoms with van der Waals surface area (Å²) in [6, 6.07) is 12.9. The van der Waals surface area contributed by atoms with E-state index >= 15 is 0 Å². The largest absolute Gasteiger partial charge is 0.480 e. The number of carboxylic acids is 1. The van der Waals surface area contributed by atoms with Gasteiger partial charge in [0.15, 0.2) is 0 Å². The molecule has 0 radical (unpaired) electrons. The SMILES string of the molecule is Cc1ccc2nc3ccccc3c(CC(N)C(=O)O)c2c1. The van der Waals surface area contributed by atoms with Crippen molar-refractivity contribution in [1.29, 1.82) is 0 Å². The Morgan fingerprint density at radius 3 is 2.67 bits per heavy atom. The van der Waals surface area contributed by atoms with Gasteiger partial charge < -0.3 is 10.8 Å². The Morgan fingerprint density at radius 2 is 1.90 bits per heavy atom. The molecule has 0 saturated carbocycles. The van der Waals surface area contributed by atoms with E-state index in [0.717, 1.165) is 32.9 Å². The minimum atomic E-state index is -0.989. The number of hydrogen-bond acceptors (Lipinski definition) is 3. The van der Waals surface area contributed by atoms with Crippen LogP contribution in [-0.4, -0.2) is 22.1 Å². The highest BCUT2D eigenvalue weighted by Gasteiger charge is 2.17. The Morgan fingerprint density at radius 1 is 1.19 bits per heavy atom. The molecule has 1 aromatic heterocycles. The topological polar surface area (TPSA) is 76.2 Å². The van der Waals surface area contributed by atoms with Crippen molar-refractivity contribution in [2.24, 2.45) is 5.73 Å². The third kappa shape index (κ3) is 2.45. The number of benzene rings is 2. The van der Waals surface area contributed by atoms with Gasteiger partial charge in [-0.15, -0.1) is 0 Å². The molecular formula is C17H16N2O2. The molecule has 0 saturated heterocycles. The summed E-state index contributed by atoms with van der Waals surface area (Å²) >= 11 is 0. The molecule has 4 nitrogen and oxygen atoms in total. The lowest BCUT2D eigenvalue weighted by Gasteiger charge is -2.13. The van der Waals surface area contributed by atoms with Crippen LogP contribution in [0.15, 0.2) is 42.5 Å². The van der Waals surface area contributed by atoms with E-state index in [-0.39, 0.29) is 0 Å². The fourth-order valence-corrected chi connectivity index (χ4v) is 2.62. The summed E-state index contributed by atoms with van der Waals surface area (Å²) in [6.45, 7) is 2.01. The van der Waals surface area contributed by atoms with Gasteiger partial charge in [0.1, 0.15) is 6.04 Å². The number of nitrogens with zero attached hydrogens (tertiary/aromatic N) is 1. The Hall–Kier alpha value is -2.46. The number of pyridine rings is 1. The normalized spacial score (nSPS) is 12.7. The van der Waals surface area contributed by atoms with Gasteiger partial charge in [-0.3, -0.25) is 4.79 Å². The number of fused-ring (bicyclic) bond motifs is 2. The average Bonchev–Trinajstić information content (AvgIpc) is 2.47. The summed E-state index contributed by atoms with van der Waals surface area (Å²) in [6.07, 6.45) is 0.290. The van der Waals surface area contributed by atoms with Crippen LogP contribution in [0.1, 0.15) is 11.1 Å². The van der Waals surface area contributed by atoms with Crippen molar-refractivity contribution >= 4 is 27.8 Å². The molecule has 0 amide bonds. The van der Waals surface area contributed by atoms with Crippen LogP contribution in [0, 0.1) is 6.92 Å². The lowest BCUT2D eigenvalue weighted by atomic mass is 9.96. The standard InChI is InChI=1S/C17H16N2O2/c1-10-6-7-16-13(8-10)12(9-14(18)17(20)21)11-4-2-3-5-15(11)19-16/h2-8,14H,9,18H2,1H3,(H,20,21). The lowest BCUT2D eigenvalue weighted by Crippen LogP contribution is -2.32. The Labute approximate surface area is 122 Å². The summed E-state index contributed by atoms with van der Waals surface area (Å²) in [4.78, 5) is 15.7. The Kier molecular flexibility index (Phi) is 3.31. The molecule has 21 heavy (non-hydrogen) atoms. The van der Waals surface area contributed by atoms with Gasteiger partial charge in [0, 0.05) is 10.8 Å². The second-order valence-electron chi connectivity index (χ2n) is 5.28. The van der Waals surface area contributed by atoms with E-state index in [0.29, 0.717) is 6.42 Å². The smallest absolute Gasteiger partial charge is 0.320 e. The predicted octanol–water partition coefficient (Wildman–Crippen LogP) is 2.65. The van der Waals surface area contributed by atoms with Gasteiger partial charge in [0.05, 0.1) is 11.0 Å². The maximum Gasteiger partial charge on any atom is 0.320 e. The van der Waals surface area contributed by atoms with Gasteiger partial charge in [-0.1, -0.05) is 29.8 Å². The number of carboxylic acid groups (broad SMARTS) is 1. The number of aromatic nitrogens is 1. The number of nitrogens with two attached hydrogens (primary N) is 1. The Balaban J connectivity index is 2.33. The van der Waals surface area contributed by atoms with E-state index in [1.54, 1.807) is 0 Å². The van der Waals surface area contributed by atoms with Crippen molar-refractivity contribution in [3.05, 3.63) is 53.6 Å². The van der Waals surface area contributed by atoms with Crippen LogP contribution < -0.4 is 5.73 Å². The molecule has 1 heterocycles. The molecule has 0 bridgehead atoms. The van der Waals surface area contributed by atoms with Crippen molar-refractivity contribution in [1.82, 2.24) is 4.98 Å². The van der Waals surface area contributed by atoms with Gasteiger partial charge in [-0.2, -0.15) is 0 Å². The second kappa shape index (κ2) is 5.14. The van der Waals surface area contributed by atoms with E-state index in [2.05, 4.69) is 4.98 Å². The molecule has 0 aliphatic rings. The van der Waals surface area contributed by atoms with Crippen LogP contribution in [0.2, 0.25) is 0 Å². The molecule has 1 unspecified atom stereocenters. The monoisotopic (exact) mass is 280 g/mol. The Bertz CT molecular complexity index is 843. The molecule has 3 aromatic rings. The second-order valence-corrected chi connectivity index (χ2v) is 5.28. The zero-order valence-corrected chi connectivity index (χ0v) is 11.7. The van der Waals surface area contributed by atoms with Crippen LogP contribution in [0.4, 0.5) is 0 Å². The molecule has 0 aliphatic carbocycles. The zero-order valence-electron chi connectivity index (χ0n) is 11.7. The first kappa shape index (κ1) is 13.5.